The number of hydrogen-bond acceptors (Lipinski definition) is 7. The Hall–Kier alpha value is -1.97. The summed E-state index contributed by atoms with van der Waals surface area (Å²) in [5.74, 6) is -0.545. The molecule has 1 fully saturated rings. The Morgan fingerprint density at radius 1 is 1.59 bits per heavy atom. The summed E-state index contributed by atoms with van der Waals surface area (Å²) in [7, 11) is 0. The van der Waals surface area contributed by atoms with Gasteiger partial charge in [-0.25, -0.2) is 4.98 Å². The topological polar surface area (TPSA) is 100 Å². The Morgan fingerprint density at radius 2 is 2.41 bits per heavy atom. The molecular weight excluding hydrogens is 314 g/mol. The molecule has 0 aromatic carbocycles. The summed E-state index contributed by atoms with van der Waals surface area (Å²) in [6.07, 6.45) is 1.69. The van der Waals surface area contributed by atoms with E-state index in [1.807, 2.05) is 13.8 Å². The predicted molar refractivity (Wildman–Crippen MR) is 76.4 cm³/mol. The maximum Gasteiger partial charge on any atom is 0.232 e. The highest BCUT2D eigenvalue weighted by Gasteiger charge is 2.33. The van der Waals surface area contributed by atoms with E-state index in [1.54, 1.807) is 0 Å². The largest absolute Gasteiger partial charge is 0.408 e. The van der Waals surface area contributed by atoms with Gasteiger partial charge < -0.3 is 14.3 Å². The van der Waals surface area contributed by atoms with Crippen LogP contribution in [0.2, 0.25) is 5.15 Å². The number of imidazole rings is 1. The second kappa shape index (κ2) is 5.67. The third kappa shape index (κ3) is 2.96. The van der Waals surface area contributed by atoms with Crippen LogP contribution in [-0.4, -0.2) is 51.2 Å². The molecule has 0 spiro atoms. The van der Waals surface area contributed by atoms with E-state index in [9.17, 15) is 4.79 Å². The number of aromatic nitrogens is 4. The Labute approximate surface area is 130 Å². The van der Waals surface area contributed by atoms with E-state index < -0.39 is 5.79 Å². The van der Waals surface area contributed by atoms with Crippen molar-refractivity contribution in [1.82, 2.24) is 19.7 Å². The van der Waals surface area contributed by atoms with Gasteiger partial charge >= 0.3 is 0 Å². The molecule has 1 aliphatic rings. The molecule has 22 heavy (non-hydrogen) atoms. The van der Waals surface area contributed by atoms with Gasteiger partial charge in [-0.15, -0.1) is 0 Å². The Kier molecular flexibility index (Phi) is 3.85. The van der Waals surface area contributed by atoms with Crippen molar-refractivity contribution in [3.63, 3.8) is 0 Å². The molecule has 9 nitrogen and oxygen atoms in total. The van der Waals surface area contributed by atoms with Crippen LogP contribution >= 0.6 is 11.6 Å². The van der Waals surface area contributed by atoms with Crippen LogP contribution in [0.5, 0.6) is 0 Å². The van der Waals surface area contributed by atoms with Crippen molar-refractivity contribution >= 4 is 35.1 Å². The summed E-state index contributed by atoms with van der Waals surface area (Å²) in [4.78, 5) is 28.2. The van der Waals surface area contributed by atoms with E-state index in [4.69, 9.17) is 25.9 Å². The second-order valence-electron chi connectivity index (χ2n) is 5.09. The third-order valence-electron chi connectivity index (χ3n) is 2.98. The van der Waals surface area contributed by atoms with Gasteiger partial charge in [0.2, 0.25) is 18.0 Å². The summed E-state index contributed by atoms with van der Waals surface area (Å²) in [5, 5.41) is 2.46. The van der Waals surface area contributed by atoms with Crippen molar-refractivity contribution in [3.05, 3.63) is 11.5 Å². The van der Waals surface area contributed by atoms with Crippen LogP contribution in [-0.2, 0) is 14.3 Å². The lowest BCUT2D eigenvalue weighted by molar-refractivity contribution is -0.145. The SMILES string of the molecule is CC1(C)OC[C@@H](COn2cnc3c(Cl)nc(NC=O)nc32)O1. The number of rotatable bonds is 5. The number of carbonyl (C=O) groups excluding carboxylic acids is 1. The molecule has 2 aromatic rings. The molecule has 2 aromatic heterocycles. The molecule has 1 N–H and O–H groups in total. The van der Waals surface area contributed by atoms with E-state index in [2.05, 4.69) is 20.3 Å². The van der Waals surface area contributed by atoms with Gasteiger partial charge in [0.15, 0.2) is 10.9 Å². The summed E-state index contributed by atoms with van der Waals surface area (Å²) in [6, 6.07) is 0. The fourth-order valence-electron chi connectivity index (χ4n) is 2.07. The van der Waals surface area contributed by atoms with Gasteiger partial charge in [0.1, 0.15) is 24.6 Å². The number of fused-ring (bicyclic) bond motifs is 1. The van der Waals surface area contributed by atoms with Crippen LogP contribution < -0.4 is 10.2 Å². The molecule has 0 bridgehead atoms. The van der Waals surface area contributed by atoms with Crippen molar-refractivity contribution in [2.75, 3.05) is 18.5 Å². The predicted octanol–water partition coefficient (Wildman–Crippen LogP) is 0.628. The van der Waals surface area contributed by atoms with E-state index in [1.165, 1.54) is 11.1 Å². The van der Waals surface area contributed by atoms with Crippen LogP contribution in [0.3, 0.4) is 0 Å². The highest BCUT2D eigenvalue weighted by Crippen LogP contribution is 2.23. The number of carbonyl (C=O) groups is 1. The second-order valence-corrected chi connectivity index (χ2v) is 5.45. The van der Waals surface area contributed by atoms with Crippen LogP contribution in [0, 0.1) is 0 Å². The summed E-state index contributed by atoms with van der Waals surface area (Å²) < 4.78 is 12.5. The van der Waals surface area contributed by atoms with Crippen LogP contribution in [0.1, 0.15) is 13.8 Å². The van der Waals surface area contributed by atoms with Crippen molar-refractivity contribution in [1.29, 1.82) is 0 Å². The lowest BCUT2D eigenvalue weighted by Gasteiger charge is -2.17. The van der Waals surface area contributed by atoms with E-state index >= 15 is 0 Å². The van der Waals surface area contributed by atoms with Gasteiger partial charge in [-0.1, -0.05) is 11.6 Å². The first-order valence-corrected chi connectivity index (χ1v) is 6.92. The summed E-state index contributed by atoms with van der Waals surface area (Å²) in [6.45, 7) is 4.37. The van der Waals surface area contributed by atoms with Crippen molar-refractivity contribution in [2.24, 2.45) is 0 Å². The number of nitrogens with zero attached hydrogens (tertiary/aromatic N) is 4. The average Bonchev–Trinajstić information content (AvgIpc) is 3.00. The minimum Gasteiger partial charge on any atom is -0.408 e. The zero-order chi connectivity index (χ0) is 15.7. The number of halogens is 1. The smallest absolute Gasteiger partial charge is 0.232 e. The van der Waals surface area contributed by atoms with Gasteiger partial charge in [-0.05, 0) is 13.8 Å². The lowest BCUT2D eigenvalue weighted by Crippen LogP contribution is -2.28. The standard InChI is InChI=1S/C12H14ClN5O4/c1-12(2)20-3-7(22-12)4-21-18-5-14-8-9(13)16-11(15-6-19)17-10(8)18/h5-7H,3-4H2,1-2H3,(H,15,16,17,19)/t7-/m0/s1. The zero-order valence-corrected chi connectivity index (χ0v) is 12.7. The Bertz CT molecular complexity index is 704. The van der Waals surface area contributed by atoms with Crippen molar-refractivity contribution in [3.8, 4) is 0 Å². The molecular formula is C12H14ClN5O4. The fourth-order valence-corrected chi connectivity index (χ4v) is 2.28. The molecule has 3 rings (SSSR count). The van der Waals surface area contributed by atoms with Crippen LogP contribution in [0.15, 0.2) is 6.33 Å². The molecule has 0 unspecified atom stereocenters. The normalized spacial score (nSPS) is 20.2. The fraction of sp³-hybridized carbons (Fsp3) is 0.500. The number of amides is 1. The molecule has 0 radical (unpaired) electrons. The van der Waals surface area contributed by atoms with Crippen molar-refractivity contribution < 1.29 is 19.1 Å². The maximum absolute atomic E-state index is 10.5. The third-order valence-corrected chi connectivity index (χ3v) is 3.24. The highest BCUT2D eigenvalue weighted by molar-refractivity contribution is 6.33. The van der Waals surface area contributed by atoms with Crippen molar-refractivity contribution in [2.45, 2.75) is 25.7 Å². The lowest BCUT2D eigenvalue weighted by atomic mass is 10.4. The van der Waals surface area contributed by atoms with E-state index in [0.717, 1.165) is 0 Å². The average molecular weight is 328 g/mol. The van der Waals surface area contributed by atoms with Gasteiger partial charge in [-0.3, -0.25) is 10.1 Å². The minimum atomic E-state index is -0.614. The maximum atomic E-state index is 10.5. The molecule has 0 saturated carbocycles. The highest BCUT2D eigenvalue weighted by atomic mass is 35.5. The van der Waals surface area contributed by atoms with Crippen LogP contribution in [0.25, 0.3) is 11.2 Å². The molecule has 10 heteroatoms. The van der Waals surface area contributed by atoms with E-state index in [-0.39, 0.29) is 23.8 Å². The molecule has 0 aliphatic carbocycles. The molecule has 1 amide bonds. The molecule has 1 aliphatic heterocycles. The number of hydrogen-bond donors (Lipinski definition) is 1. The monoisotopic (exact) mass is 327 g/mol. The van der Waals surface area contributed by atoms with Gasteiger partial charge in [0.25, 0.3) is 0 Å². The van der Waals surface area contributed by atoms with Gasteiger partial charge in [0.05, 0.1) is 6.61 Å². The quantitative estimate of drug-likeness (QED) is 0.635. The van der Waals surface area contributed by atoms with E-state index in [0.29, 0.717) is 24.2 Å². The molecule has 1 saturated heterocycles. The zero-order valence-electron chi connectivity index (χ0n) is 11.9. The first-order valence-electron chi connectivity index (χ1n) is 6.54. The van der Waals surface area contributed by atoms with Gasteiger partial charge in [-0.2, -0.15) is 14.7 Å². The van der Waals surface area contributed by atoms with Crippen LogP contribution in [0.4, 0.5) is 5.95 Å². The molecule has 3 heterocycles. The number of nitrogens with one attached hydrogen (secondary N) is 1. The summed E-state index contributed by atoms with van der Waals surface area (Å²) >= 11 is 5.99. The Balaban J connectivity index is 1.78. The number of anilines is 1. The summed E-state index contributed by atoms with van der Waals surface area (Å²) in [5.41, 5.74) is 0.726. The first kappa shape index (κ1) is 14.9. The first-order chi connectivity index (χ1) is 10.5. The minimum absolute atomic E-state index is 0.0689. The number of ether oxygens (including phenoxy) is 2. The Morgan fingerprint density at radius 3 is 3.09 bits per heavy atom. The molecule has 1 atom stereocenters. The van der Waals surface area contributed by atoms with Gasteiger partial charge in [0, 0.05) is 0 Å². The molecule has 118 valence electrons.